The monoisotopic (exact) mass is 228 g/mol. The molecule has 1 heterocycles. The van der Waals surface area contributed by atoms with Crippen molar-refractivity contribution in [3.05, 3.63) is 41.1 Å². The van der Waals surface area contributed by atoms with Crippen molar-refractivity contribution in [1.82, 2.24) is 5.16 Å². The quantitative estimate of drug-likeness (QED) is 0.851. The lowest BCUT2D eigenvalue weighted by atomic mass is 10.1. The summed E-state index contributed by atoms with van der Waals surface area (Å²) in [5.41, 5.74) is 1.47. The van der Waals surface area contributed by atoms with Gasteiger partial charge in [-0.15, -0.1) is 0 Å². The zero-order valence-corrected chi connectivity index (χ0v) is 8.97. The first-order valence-corrected chi connectivity index (χ1v) is 4.83. The molecule has 84 valence electrons. The first kappa shape index (κ1) is 10.9. The van der Waals surface area contributed by atoms with Gasteiger partial charge < -0.3 is 9.63 Å². The van der Waals surface area contributed by atoms with E-state index in [0.717, 1.165) is 0 Å². The maximum atomic E-state index is 11.0. The van der Waals surface area contributed by atoms with Gasteiger partial charge in [-0.3, -0.25) is 0 Å². The molecule has 1 aromatic heterocycles. The Bertz CT molecular complexity index is 606. The van der Waals surface area contributed by atoms with Crippen LogP contribution in [-0.4, -0.2) is 16.2 Å². The number of rotatable bonds is 2. The largest absolute Gasteiger partial charge is 0.477 e. The Morgan fingerprint density at radius 1 is 1.41 bits per heavy atom. The summed E-state index contributed by atoms with van der Waals surface area (Å²) < 4.78 is 5.00. The van der Waals surface area contributed by atoms with Crippen LogP contribution in [0, 0.1) is 18.3 Å². The average Bonchev–Trinajstić information content (AvgIpc) is 2.71. The fraction of sp³-hybridized carbons (Fsp3) is 0.0833. The van der Waals surface area contributed by atoms with Crippen LogP contribution in [0.3, 0.4) is 0 Å². The van der Waals surface area contributed by atoms with Crippen LogP contribution in [0.1, 0.15) is 21.6 Å². The van der Waals surface area contributed by atoms with E-state index in [1.54, 1.807) is 31.2 Å². The first-order chi connectivity index (χ1) is 8.13. The van der Waals surface area contributed by atoms with Gasteiger partial charge in [0.05, 0.1) is 17.3 Å². The molecular formula is C12H8N2O3. The Labute approximate surface area is 96.9 Å². The highest BCUT2D eigenvalue weighted by Crippen LogP contribution is 2.26. The molecule has 1 aromatic carbocycles. The van der Waals surface area contributed by atoms with Crippen LogP contribution in [0.15, 0.2) is 28.8 Å². The van der Waals surface area contributed by atoms with Crippen molar-refractivity contribution in [3.8, 4) is 17.4 Å². The second-order valence-electron chi connectivity index (χ2n) is 3.47. The molecule has 0 aliphatic rings. The van der Waals surface area contributed by atoms with Gasteiger partial charge >= 0.3 is 5.97 Å². The molecule has 0 saturated heterocycles. The van der Waals surface area contributed by atoms with E-state index in [-0.39, 0.29) is 11.3 Å². The zero-order valence-electron chi connectivity index (χ0n) is 8.97. The van der Waals surface area contributed by atoms with Crippen molar-refractivity contribution in [2.75, 3.05) is 0 Å². The number of carboxylic acids is 1. The fourth-order valence-corrected chi connectivity index (χ4v) is 1.51. The summed E-state index contributed by atoms with van der Waals surface area (Å²) >= 11 is 0. The number of carboxylic acid groups (broad SMARTS) is 1. The zero-order chi connectivity index (χ0) is 12.4. The highest BCUT2D eigenvalue weighted by atomic mass is 16.5. The van der Waals surface area contributed by atoms with Crippen molar-refractivity contribution < 1.29 is 14.4 Å². The van der Waals surface area contributed by atoms with Gasteiger partial charge in [0.15, 0.2) is 5.76 Å². The topological polar surface area (TPSA) is 87.1 Å². The van der Waals surface area contributed by atoms with Crippen molar-refractivity contribution >= 4 is 5.97 Å². The van der Waals surface area contributed by atoms with Gasteiger partial charge in [-0.2, -0.15) is 5.26 Å². The van der Waals surface area contributed by atoms with Gasteiger partial charge in [0.1, 0.15) is 5.56 Å². The second-order valence-corrected chi connectivity index (χ2v) is 3.47. The molecule has 0 atom stereocenters. The van der Waals surface area contributed by atoms with Gasteiger partial charge in [-0.05, 0) is 31.2 Å². The van der Waals surface area contributed by atoms with E-state index < -0.39 is 5.97 Å². The third-order valence-electron chi connectivity index (χ3n) is 2.35. The molecule has 0 aliphatic carbocycles. The predicted molar refractivity (Wildman–Crippen MR) is 58.4 cm³/mol. The molecule has 5 heteroatoms. The third-order valence-corrected chi connectivity index (χ3v) is 2.35. The minimum atomic E-state index is -1.08. The maximum absolute atomic E-state index is 11.0. The van der Waals surface area contributed by atoms with Crippen LogP contribution in [0.4, 0.5) is 0 Å². The standard InChI is InChI=1S/C12H8N2O3/c1-7-10(12(15)16)11(17-14-7)9-4-2-8(6-13)3-5-9/h2-5H,1H3,(H,15,16). The molecule has 17 heavy (non-hydrogen) atoms. The van der Waals surface area contributed by atoms with Gasteiger partial charge in [0.25, 0.3) is 0 Å². The van der Waals surface area contributed by atoms with Gasteiger partial charge in [0.2, 0.25) is 0 Å². The van der Waals surface area contributed by atoms with Crippen molar-refractivity contribution in [1.29, 1.82) is 5.26 Å². The Balaban J connectivity index is 2.53. The molecule has 0 unspecified atom stereocenters. The van der Waals surface area contributed by atoms with E-state index in [1.807, 2.05) is 6.07 Å². The number of aryl methyl sites for hydroxylation is 1. The number of nitriles is 1. The van der Waals surface area contributed by atoms with E-state index >= 15 is 0 Å². The molecule has 0 bridgehead atoms. The van der Waals surface area contributed by atoms with Gasteiger partial charge in [0, 0.05) is 5.56 Å². The van der Waals surface area contributed by atoms with Crippen LogP contribution < -0.4 is 0 Å². The van der Waals surface area contributed by atoms with E-state index in [0.29, 0.717) is 16.8 Å². The third kappa shape index (κ3) is 1.88. The average molecular weight is 228 g/mol. The molecular weight excluding hydrogens is 220 g/mol. The summed E-state index contributed by atoms with van der Waals surface area (Å²) in [6.45, 7) is 1.57. The van der Waals surface area contributed by atoms with E-state index in [4.69, 9.17) is 14.9 Å². The van der Waals surface area contributed by atoms with E-state index in [1.165, 1.54) is 0 Å². The van der Waals surface area contributed by atoms with Crippen LogP contribution in [0.25, 0.3) is 11.3 Å². The normalized spacial score (nSPS) is 9.88. The summed E-state index contributed by atoms with van der Waals surface area (Å²) in [5, 5.41) is 21.3. The predicted octanol–water partition coefficient (Wildman–Crippen LogP) is 2.22. The highest BCUT2D eigenvalue weighted by molar-refractivity contribution is 5.95. The summed E-state index contributed by atoms with van der Waals surface area (Å²) in [5.74, 6) is -0.873. The number of benzene rings is 1. The minimum absolute atomic E-state index is 0.0507. The Kier molecular flexibility index (Phi) is 2.63. The number of carbonyl (C=O) groups is 1. The molecule has 0 aliphatic heterocycles. The van der Waals surface area contributed by atoms with Crippen molar-refractivity contribution in [2.45, 2.75) is 6.92 Å². The lowest BCUT2D eigenvalue weighted by molar-refractivity contribution is 0.0696. The van der Waals surface area contributed by atoms with Gasteiger partial charge in [-0.25, -0.2) is 4.79 Å². The number of aromatic carboxylic acids is 1. The summed E-state index contributed by atoms with van der Waals surface area (Å²) in [4.78, 5) is 11.0. The molecule has 1 N–H and O–H groups in total. The molecule has 0 saturated carbocycles. The summed E-state index contributed by atoms with van der Waals surface area (Å²) in [6.07, 6.45) is 0. The Morgan fingerprint density at radius 3 is 2.59 bits per heavy atom. The van der Waals surface area contributed by atoms with E-state index in [9.17, 15) is 4.79 Å². The second kappa shape index (κ2) is 4.10. The molecule has 5 nitrogen and oxygen atoms in total. The van der Waals surface area contributed by atoms with Crippen LogP contribution >= 0.6 is 0 Å². The van der Waals surface area contributed by atoms with E-state index in [2.05, 4.69) is 5.16 Å². The van der Waals surface area contributed by atoms with Crippen LogP contribution in [-0.2, 0) is 0 Å². The summed E-state index contributed by atoms with van der Waals surface area (Å²) in [7, 11) is 0. The van der Waals surface area contributed by atoms with Crippen molar-refractivity contribution in [2.24, 2.45) is 0 Å². The lowest BCUT2D eigenvalue weighted by Crippen LogP contribution is -1.99. The molecule has 2 aromatic rings. The number of hydrogen-bond donors (Lipinski definition) is 1. The highest BCUT2D eigenvalue weighted by Gasteiger charge is 2.20. The molecule has 0 spiro atoms. The number of aromatic nitrogens is 1. The van der Waals surface area contributed by atoms with Crippen LogP contribution in [0.5, 0.6) is 0 Å². The minimum Gasteiger partial charge on any atom is -0.477 e. The smallest absolute Gasteiger partial charge is 0.341 e. The fourth-order valence-electron chi connectivity index (χ4n) is 1.51. The van der Waals surface area contributed by atoms with Crippen LogP contribution in [0.2, 0.25) is 0 Å². The maximum Gasteiger partial charge on any atom is 0.341 e. The SMILES string of the molecule is Cc1noc(-c2ccc(C#N)cc2)c1C(=O)O. The van der Waals surface area contributed by atoms with Crippen molar-refractivity contribution in [3.63, 3.8) is 0 Å². The summed E-state index contributed by atoms with van der Waals surface area (Å²) in [6, 6.07) is 8.44. The molecule has 0 amide bonds. The molecule has 2 rings (SSSR count). The lowest BCUT2D eigenvalue weighted by Gasteiger charge is -1.98. The Morgan fingerprint density at radius 2 is 2.06 bits per heavy atom. The number of hydrogen-bond acceptors (Lipinski definition) is 4. The van der Waals surface area contributed by atoms with Gasteiger partial charge in [-0.1, -0.05) is 5.16 Å². The first-order valence-electron chi connectivity index (χ1n) is 4.83. The molecule has 0 radical (unpaired) electrons. The number of nitrogens with zero attached hydrogens (tertiary/aromatic N) is 2. The Hall–Kier alpha value is -2.61. The molecule has 0 fully saturated rings.